The highest BCUT2D eigenvalue weighted by Crippen LogP contribution is 2.23. The Morgan fingerprint density at radius 3 is 1.92 bits per heavy atom. The van der Waals surface area contributed by atoms with E-state index in [2.05, 4.69) is 0 Å². The van der Waals surface area contributed by atoms with Crippen LogP contribution in [0.3, 0.4) is 0 Å². The predicted molar refractivity (Wildman–Crippen MR) is 47.4 cm³/mol. The summed E-state index contributed by atoms with van der Waals surface area (Å²) in [6.07, 6.45) is 0.988. The van der Waals surface area contributed by atoms with E-state index in [-0.39, 0.29) is 17.4 Å². The van der Waals surface area contributed by atoms with Crippen molar-refractivity contribution in [1.29, 1.82) is 0 Å². The van der Waals surface area contributed by atoms with Gasteiger partial charge in [-0.05, 0) is 11.8 Å². The third kappa shape index (κ3) is 5.90. The minimum atomic E-state index is -1.22. The molecule has 0 atom stereocenters. The Labute approximate surface area is 76.9 Å². The molecule has 0 heterocycles. The average Bonchev–Trinajstić information content (AvgIpc) is 1.81. The van der Waals surface area contributed by atoms with Gasteiger partial charge in [0, 0.05) is 11.6 Å². The summed E-state index contributed by atoms with van der Waals surface area (Å²) >= 11 is 0. The Bertz CT molecular complexity index is 245. The highest BCUT2D eigenvalue weighted by molar-refractivity contribution is 5.94. The lowest BCUT2D eigenvalue weighted by Gasteiger charge is -2.17. The fourth-order valence-electron chi connectivity index (χ4n) is 0.909. The Morgan fingerprint density at radius 1 is 1.23 bits per heavy atom. The van der Waals surface area contributed by atoms with Crippen LogP contribution in [0.15, 0.2) is 11.6 Å². The first-order valence-electron chi connectivity index (χ1n) is 3.89. The van der Waals surface area contributed by atoms with Gasteiger partial charge in [0.1, 0.15) is 0 Å². The zero-order valence-electron chi connectivity index (χ0n) is 8.00. The minimum Gasteiger partial charge on any atom is -0.478 e. The lowest BCUT2D eigenvalue weighted by molar-refractivity contribution is -0.135. The highest BCUT2D eigenvalue weighted by atomic mass is 16.4. The largest absolute Gasteiger partial charge is 0.478 e. The van der Waals surface area contributed by atoms with Crippen molar-refractivity contribution in [3.8, 4) is 0 Å². The molecule has 0 spiro atoms. The quantitative estimate of drug-likeness (QED) is 0.655. The molecule has 0 saturated carbocycles. The van der Waals surface area contributed by atoms with Gasteiger partial charge in [0.25, 0.3) is 0 Å². The number of carboxylic acids is 2. The van der Waals surface area contributed by atoms with Gasteiger partial charge in [-0.3, -0.25) is 0 Å². The second kappa shape index (κ2) is 4.07. The van der Waals surface area contributed by atoms with E-state index in [9.17, 15) is 9.59 Å². The van der Waals surface area contributed by atoms with Crippen LogP contribution < -0.4 is 0 Å². The normalized spacial score (nSPS) is 12.7. The second-order valence-corrected chi connectivity index (χ2v) is 4.05. The smallest absolute Gasteiger partial charge is 0.331 e. The number of hydrogen-bond acceptors (Lipinski definition) is 2. The van der Waals surface area contributed by atoms with Crippen LogP contribution >= 0.6 is 0 Å². The van der Waals surface area contributed by atoms with Gasteiger partial charge in [-0.1, -0.05) is 20.8 Å². The van der Waals surface area contributed by atoms with Crippen molar-refractivity contribution in [3.63, 3.8) is 0 Å². The molecule has 0 aromatic heterocycles. The van der Waals surface area contributed by atoms with E-state index in [0.29, 0.717) is 0 Å². The predicted octanol–water partition coefficient (Wildman–Crippen LogP) is 1.52. The van der Waals surface area contributed by atoms with Crippen LogP contribution in [0.5, 0.6) is 0 Å². The first kappa shape index (κ1) is 11.7. The zero-order valence-corrected chi connectivity index (χ0v) is 8.00. The van der Waals surface area contributed by atoms with Gasteiger partial charge in [-0.25, -0.2) is 9.59 Å². The van der Waals surface area contributed by atoms with E-state index in [4.69, 9.17) is 10.2 Å². The summed E-state index contributed by atoms with van der Waals surface area (Å²) in [5.74, 6) is -2.39. The van der Waals surface area contributed by atoms with E-state index in [0.717, 1.165) is 6.08 Å². The van der Waals surface area contributed by atoms with Crippen molar-refractivity contribution in [2.24, 2.45) is 5.41 Å². The maximum Gasteiger partial charge on any atom is 0.331 e. The van der Waals surface area contributed by atoms with E-state index < -0.39 is 11.9 Å². The van der Waals surface area contributed by atoms with Crippen LogP contribution in [0, 0.1) is 5.41 Å². The zero-order chi connectivity index (χ0) is 10.6. The van der Waals surface area contributed by atoms with Crippen molar-refractivity contribution in [2.45, 2.75) is 27.2 Å². The monoisotopic (exact) mass is 186 g/mol. The first-order chi connectivity index (χ1) is 5.72. The number of carbonyl (C=O) groups is 2. The maximum absolute atomic E-state index is 10.6. The summed E-state index contributed by atoms with van der Waals surface area (Å²) in [6.45, 7) is 5.56. The molecule has 0 fully saturated rings. The first-order valence-corrected chi connectivity index (χ1v) is 3.89. The molecular formula is C9H14O4. The number of aliphatic carboxylic acids is 2. The van der Waals surface area contributed by atoms with E-state index >= 15 is 0 Å². The minimum absolute atomic E-state index is 0.0694. The third-order valence-electron chi connectivity index (χ3n) is 1.29. The van der Waals surface area contributed by atoms with Crippen molar-refractivity contribution in [1.82, 2.24) is 0 Å². The van der Waals surface area contributed by atoms with Crippen molar-refractivity contribution in [2.75, 3.05) is 0 Å². The van der Waals surface area contributed by atoms with Gasteiger partial charge in [0.15, 0.2) is 0 Å². The summed E-state index contributed by atoms with van der Waals surface area (Å²) in [5.41, 5.74) is -0.292. The molecule has 0 radical (unpaired) electrons. The van der Waals surface area contributed by atoms with Crippen LogP contribution in [-0.2, 0) is 9.59 Å². The fraction of sp³-hybridized carbons (Fsp3) is 0.556. The van der Waals surface area contributed by atoms with E-state index in [1.807, 2.05) is 20.8 Å². The molecule has 0 aliphatic carbocycles. The third-order valence-corrected chi connectivity index (χ3v) is 1.29. The molecule has 0 aliphatic heterocycles. The topological polar surface area (TPSA) is 74.6 Å². The van der Waals surface area contributed by atoms with Gasteiger partial charge in [0.2, 0.25) is 0 Å². The van der Waals surface area contributed by atoms with Crippen LogP contribution in [-0.4, -0.2) is 22.2 Å². The molecular weight excluding hydrogens is 172 g/mol. The highest BCUT2D eigenvalue weighted by Gasteiger charge is 2.18. The van der Waals surface area contributed by atoms with Crippen molar-refractivity contribution < 1.29 is 19.8 Å². The average molecular weight is 186 g/mol. The fourth-order valence-corrected chi connectivity index (χ4v) is 0.909. The lowest BCUT2D eigenvalue weighted by Crippen LogP contribution is -2.13. The summed E-state index contributed by atoms with van der Waals surface area (Å²) in [7, 11) is 0. The van der Waals surface area contributed by atoms with Crippen LogP contribution in [0.1, 0.15) is 27.2 Å². The van der Waals surface area contributed by atoms with Gasteiger partial charge in [0.05, 0.1) is 0 Å². The van der Waals surface area contributed by atoms with Crippen molar-refractivity contribution >= 4 is 11.9 Å². The van der Waals surface area contributed by atoms with Gasteiger partial charge < -0.3 is 10.2 Å². The summed E-state index contributed by atoms with van der Waals surface area (Å²) in [4.78, 5) is 20.8. The van der Waals surface area contributed by atoms with Gasteiger partial charge >= 0.3 is 11.9 Å². The standard InChI is InChI=1S/C9H14O4/c1-9(2,3)5-6(8(12)13)4-7(10)11/h4H,5H2,1-3H3,(H,10,11)(H,12,13). The number of carboxylic acid groups (broad SMARTS) is 2. The molecule has 2 N–H and O–H groups in total. The molecule has 4 heteroatoms. The maximum atomic E-state index is 10.6. The summed E-state index contributed by atoms with van der Waals surface area (Å²) in [6, 6.07) is 0. The molecule has 0 aromatic carbocycles. The molecule has 74 valence electrons. The molecule has 0 aliphatic rings. The van der Waals surface area contributed by atoms with Crippen LogP contribution in [0.25, 0.3) is 0 Å². The summed E-state index contributed by atoms with van der Waals surface area (Å²) < 4.78 is 0. The van der Waals surface area contributed by atoms with Crippen LogP contribution in [0.2, 0.25) is 0 Å². The van der Waals surface area contributed by atoms with E-state index in [1.54, 1.807) is 0 Å². The Kier molecular flexibility index (Phi) is 3.66. The molecule has 0 unspecified atom stereocenters. The number of rotatable bonds is 3. The molecule has 0 rings (SSSR count). The molecule has 0 aromatic rings. The van der Waals surface area contributed by atoms with Gasteiger partial charge in [-0.2, -0.15) is 0 Å². The summed E-state index contributed by atoms with van der Waals surface area (Å²) in [5, 5.41) is 17.0. The Hall–Kier alpha value is -1.32. The Morgan fingerprint density at radius 2 is 1.69 bits per heavy atom. The van der Waals surface area contributed by atoms with Crippen molar-refractivity contribution in [3.05, 3.63) is 11.6 Å². The molecule has 0 saturated heterocycles. The van der Waals surface area contributed by atoms with Gasteiger partial charge in [-0.15, -0.1) is 0 Å². The molecule has 0 bridgehead atoms. The second-order valence-electron chi connectivity index (χ2n) is 4.05. The molecule has 13 heavy (non-hydrogen) atoms. The molecule has 4 nitrogen and oxygen atoms in total. The lowest BCUT2D eigenvalue weighted by atomic mass is 9.88. The van der Waals surface area contributed by atoms with E-state index in [1.165, 1.54) is 0 Å². The Balaban J connectivity index is 4.65. The van der Waals surface area contributed by atoms with Crippen LogP contribution in [0.4, 0.5) is 0 Å². The SMILES string of the molecule is CC(C)(C)CC(=CC(=O)O)C(=O)O. The number of hydrogen-bond donors (Lipinski definition) is 2. The molecule has 0 amide bonds.